The highest BCUT2D eigenvalue weighted by atomic mass is 35.5. The number of halogens is 1. The molecule has 0 fully saturated rings. The van der Waals surface area contributed by atoms with Gasteiger partial charge in [-0.25, -0.2) is 9.59 Å². The summed E-state index contributed by atoms with van der Waals surface area (Å²) in [5.41, 5.74) is 1.98. The number of amides is 2. The van der Waals surface area contributed by atoms with Crippen LogP contribution >= 0.6 is 11.6 Å². The normalized spacial score (nSPS) is 11.7. The third-order valence-electron chi connectivity index (χ3n) is 4.07. The van der Waals surface area contributed by atoms with Crippen molar-refractivity contribution in [1.82, 2.24) is 15.6 Å². The molecule has 2 aromatic rings. The summed E-state index contributed by atoms with van der Waals surface area (Å²) in [6, 6.07) is 4.11. The number of methoxy groups -OCH3 is 2. The number of carbonyl (C=O) groups is 3. The number of H-pyrrole nitrogens is 1. The minimum atomic E-state index is -0.930. The Balaban J connectivity index is 1.86. The Morgan fingerprint density at radius 3 is 2.70 bits per heavy atom. The molecular weight excluding hydrogens is 374 g/mol. The number of aromatic nitrogens is 1. The molecular formula is C18H22ClN3O5. The predicted octanol–water partition coefficient (Wildman–Crippen LogP) is 2.16. The molecule has 0 aliphatic carbocycles. The van der Waals surface area contributed by atoms with Gasteiger partial charge in [-0.15, -0.1) is 0 Å². The molecule has 2 rings (SSSR count). The predicted molar refractivity (Wildman–Crippen MR) is 101 cm³/mol. The largest absolute Gasteiger partial charge is 0.469 e. The molecule has 27 heavy (non-hydrogen) atoms. The fraction of sp³-hybridized carbons (Fsp3) is 0.389. The van der Waals surface area contributed by atoms with E-state index in [9.17, 15) is 14.4 Å². The van der Waals surface area contributed by atoms with Crippen molar-refractivity contribution in [3.8, 4) is 0 Å². The molecule has 3 N–H and O–H groups in total. The highest BCUT2D eigenvalue weighted by Crippen LogP contribution is 2.22. The number of esters is 2. The van der Waals surface area contributed by atoms with Crippen LogP contribution in [0.5, 0.6) is 0 Å². The van der Waals surface area contributed by atoms with E-state index in [0.717, 1.165) is 16.5 Å². The standard InChI is InChI=1S/C18H22ClN3O5/c1-26-16(23)6-5-15(17(24)27-2)22-18(25)20-8-7-11-10-21-14-4-3-12(19)9-13(11)14/h3-4,9-10,15,21H,5-8H2,1-2H3,(H2,20,22,25)/t15-/m1/s1. The second-order valence-electron chi connectivity index (χ2n) is 5.84. The van der Waals surface area contributed by atoms with Gasteiger partial charge in [-0.05, 0) is 36.6 Å². The summed E-state index contributed by atoms with van der Waals surface area (Å²) in [6.07, 6.45) is 2.54. The lowest BCUT2D eigenvalue weighted by Gasteiger charge is -2.16. The van der Waals surface area contributed by atoms with E-state index >= 15 is 0 Å². The van der Waals surface area contributed by atoms with Crippen molar-refractivity contribution in [3.05, 3.63) is 35.0 Å². The first-order chi connectivity index (χ1) is 12.9. The summed E-state index contributed by atoms with van der Waals surface area (Å²) < 4.78 is 9.19. The molecule has 0 spiro atoms. The maximum absolute atomic E-state index is 12.1. The van der Waals surface area contributed by atoms with Crippen molar-refractivity contribution in [2.45, 2.75) is 25.3 Å². The average molecular weight is 396 g/mol. The van der Waals surface area contributed by atoms with E-state index in [1.807, 2.05) is 18.3 Å². The molecule has 8 nitrogen and oxygen atoms in total. The lowest BCUT2D eigenvalue weighted by Crippen LogP contribution is -2.47. The van der Waals surface area contributed by atoms with Crippen molar-refractivity contribution < 1.29 is 23.9 Å². The number of benzene rings is 1. The lowest BCUT2D eigenvalue weighted by atomic mass is 10.1. The quantitative estimate of drug-likeness (QED) is 0.593. The smallest absolute Gasteiger partial charge is 0.328 e. The zero-order valence-corrected chi connectivity index (χ0v) is 15.9. The molecule has 146 valence electrons. The number of hydrogen-bond acceptors (Lipinski definition) is 5. The molecule has 0 aliphatic heterocycles. The minimum absolute atomic E-state index is 0.00730. The molecule has 1 aromatic heterocycles. The van der Waals surface area contributed by atoms with Gasteiger partial charge in [0.25, 0.3) is 0 Å². The molecule has 0 saturated heterocycles. The van der Waals surface area contributed by atoms with Crippen LogP contribution in [0.4, 0.5) is 4.79 Å². The zero-order chi connectivity index (χ0) is 19.8. The van der Waals surface area contributed by atoms with Crippen LogP contribution in [-0.4, -0.2) is 49.8 Å². The minimum Gasteiger partial charge on any atom is -0.469 e. The molecule has 9 heteroatoms. The highest BCUT2D eigenvalue weighted by Gasteiger charge is 2.22. The van der Waals surface area contributed by atoms with Gasteiger partial charge >= 0.3 is 18.0 Å². The Hall–Kier alpha value is -2.74. The molecule has 0 saturated carbocycles. The van der Waals surface area contributed by atoms with E-state index in [1.165, 1.54) is 14.2 Å². The Labute approximate surface area is 161 Å². The Morgan fingerprint density at radius 1 is 1.22 bits per heavy atom. The summed E-state index contributed by atoms with van der Waals surface area (Å²) in [5, 5.41) is 6.84. The number of fused-ring (bicyclic) bond motifs is 1. The van der Waals surface area contributed by atoms with E-state index in [0.29, 0.717) is 18.0 Å². The number of ether oxygens (including phenoxy) is 2. The average Bonchev–Trinajstić information content (AvgIpc) is 3.06. The van der Waals surface area contributed by atoms with Crippen LogP contribution in [0, 0.1) is 0 Å². The molecule has 0 radical (unpaired) electrons. The first-order valence-corrected chi connectivity index (χ1v) is 8.77. The van der Waals surface area contributed by atoms with Gasteiger partial charge in [0, 0.05) is 35.1 Å². The van der Waals surface area contributed by atoms with Crippen LogP contribution in [-0.2, 0) is 25.5 Å². The molecule has 0 aliphatic rings. The monoisotopic (exact) mass is 395 g/mol. The summed E-state index contributed by atoms with van der Waals surface area (Å²) >= 11 is 6.02. The maximum atomic E-state index is 12.1. The van der Waals surface area contributed by atoms with Crippen LogP contribution in [0.3, 0.4) is 0 Å². The van der Waals surface area contributed by atoms with Crippen LogP contribution < -0.4 is 10.6 Å². The summed E-state index contributed by atoms with van der Waals surface area (Å²) in [5.74, 6) is -1.09. The first kappa shape index (κ1) is 20.6. The molecule has 1 heterocycles. The second kappa shape index (κ2) is 9.82. The first-order valence-electron chi connectivity index (χ1n) is 8.39. The topological polar surface area (TPSA) is 110 Å². The van der Waals surface area contributed by atoms with Crippen molar-refractivity contribution in [3.63, 3.8) is 0 Å². The van der Waals surface area contributed by atoms with Crippen LogP contribution in [0.1, 0.15) is 18.4 Å². The fourth-order valence-corrected chi connectivity index (χ4v) is 2.81. The molecule has 0 bridgehead atoms. The van der Waals surface area contributed by atoms with Crippen molar-refractivity contribution in [2.24, 2.45) is 0 Å². The number of rotatable bonds is 8. The molecule has 1 aromatic carbocycles. The van der Waals surface area contributed by atoms with Gasteiger partial charge in [0.05, 0.1) is 14.2 Å². The molecule has 2 amide bonds. The van der Waals surface area contributed by atoms with Crippen LogP contribution in [0.25, 0.3) is 10.9 Å². The van der Waals surface area contributed by atoms with E-state index in [-0.39, 0.29) is 12.8 Å². The number of nitrogens with one attached hydrogen (secondary N) is 3. The third-order valence-corrected chi connectivity index (χ3v) is 4.30. The summed E-state index contributed by atoms with van der Waals surface area (Å²) in [6.45, 7) is 0.357. The number of urea groups is 1. The van der Waals surface area contributed by atoms with Gasteiger partial charge in [0.1, 0.15) is 6.04 Å². The Morgan fingerprint density at radius 2 is 2.00 bits per heavy atom. The van der Waals surface area contributed by atoms with Crippen molar-refractivity contribution in [2.75, 3.05) is 20.8 Å². The van der Waals surface area contributed by atoms with Gasteiger partial charge in [-0.2, -0.15) is 0 Å². The van der Waals surface area contributed by atoms with Gasteiger partial charge < -0.3 is 25.1 Å². The number of aromatic amines is 1. The SMILES string of the molecule is COC(=O)CC[C@@H](NC(=O)NCCc1c[nH]c2ccc(Cl)cc12)C(=O)OC. The number of carbonyl (C=O) groups excluding carboxylic acids is 3. The van der Waals surface area contributed by atoms with Gasteiger partial charge in [0.2, 0.25) is 0 Å². The Bertz CT molecular complexity index is 820. The van der Waals surface area contributed by atoms with E-state index in [1.54, 1.807) is 6.07 Å². The lowest BCUT2D eigenvalue weighted by molar-refractivity contribution is -0.144. The Kier molecular flexibility index (Phi) is 7.48. The van der Waals surface area contributed by atoms with Gasteiger partial charge in [0.15, 0.2) is 0 Å². The summed E-state index contributed by atoms with van der Waals surface area (Å²) in [4.78, 5) is 38.2. The maximum Gasteiger partial charge on any atom is 0.328 e. The fourth-order valence-electron chi connectivity index (χ4n) is 2.63. The number of hydrogen-bond donors (Lipinski definition) is 3. The molecule has 0 unspecified atom stereocenters. The van der Waals surface area contributed by atoms with E-state index < -0.39 is 24.0 Å². The van der Waals surface area contributed by atoms with Crippen LogP contribution in [0.15, 0.2) is 24.4 Å². The van der Waals surface area contributed by atoms with E-state index in [4.69, 9.17) is 11.6 Å². The van der Waals surface area contributed by atoms with Crippen molar-refractivity contribution in [1.29, 1.82) is 0 Å². The summed E-state index contributed by atoms with van der Waals surface area (Å²) in [7, 11) is 2.47. The van der Waals surface area contributed by atoms with Crippen LogP contribution in [0.2, 0.25) is 5.02 Å². The van der Waals surface area contributed by atoms with Crippen molar-refractivity contribution >= 4 is 40.5 Å². The highest BCUT2D eigenvalue weighted by molar-refractivity contribution is 6.31. The third kappa shape index (κ3) is 5.89. The zero-order valence-electron chi connectivity index (χ0n) is 15.1. The second-order valence-corrected chi connectivity index (χ2v) is 6.28. The van der Waals surface area contributed by atoms with E-state index in [2.05, 4.69) is 25.1 Å². The molecule has 1 atom stereocenters. The van der Waals surface area contributed by atoms with Gasteiger partial charge in [-0.3, -0.25) is 4.79 Å². The van der Waals surface area contributed by atoms with Gasteiger partial charge in [-0.1, -0.05) is 11.6 Å².